The van der Waals surface area contributed by atoms with Crippen molar-refractivity contribution in [3.63, 3.8) is 0 Å². The molecular formula is C16H20N4O. The number of carbonyl (C=O) groups excluding carboxylic acids is 1. The Morgan fingerprint density at radius 3 is 3.05 bits per heavy atom. The number of hydrogen-bond donors (Lipinski definition) is 2. The van der Waals surface area contributed by atoms with Crippen LogP contribution in [-0.4, -0.2) is 15.5 Å². The first-order chi connectivity index (χ1) is 10.2. The van der Waals surface area contributed by atoms with E-state index in [1.807, 2.05) is 18.5 Å². The Balaban J connectivity index is 1.57. The zero-order chi connectivity index (χ0) is 14.7. The third-order valence-electron chi connectivity index (χ3n) is 3.86. The lowest BCUT2D eigenvalue weighted by Gasteiger charge is -2.14. The Kier molecular flexibility index (Phi) is 3.90. The zero-order valence-electron chi connectivity index (χ0n) is 12.0. The number of nitrogen functional groups attached to an aromatic ring is 1. The number of aryl methyl sites for hydroxylation is 2. The van der Waals surface area contributed by atoms with Crippen molar-refractivity contribution in [2.75, 3.05) is 11.1 Å². The van der Waals surface area contributed by atoms with Crippen LogP contribution in [0, 0.1) is 0 Å². The highest BCUT2D eigenvalue weighted by Gasteiger charge is 2.15. The van der Waals surface area contributed by atoms with E-state index < -0.39 is 0 Å². The summed E-state index contributed by atoms with van der Waals surface area (Å²) in [5, 5.41) is 2.87. The number of benzene rings is 1. The van der Waals surface area contributed by atoms with Gasteiger partial charge in [-0.05, 0) is 43.9 Å². The zero-order valence-corrected chi connectivity index (χ0v) is 12.0. The van der Waals surface area contributed by atoms with Crippen molar-refractivity contribution in [3.8, 4) is 0 Å². The van der Waals surface area contributed by atoms with Gasteiger partial charge in [0.05, 0.1) is 12.0 Å². The Morgan fingerprint density at radius 2 is 2.19 bits per heavy atom. The summed E-state index contributed by atoms with van der Waals surface area (Å²) in [5.41, 5.74) is 9.60. The van der Waals surface area contributed by atoms with Crippen molar-refractivity contribution in [3.05, 3.63) is 42.0 Å². The van der Waals surface area contributed by atoms with Crippen LogP contribution in [0.15, 0.2) is 30.6 Å². The second-order valence-corrected chi connectivity index (χ2v) is 5.46. The number of fused-ring (bicyclic) bond motifs is 1. The van der Waals surface area contributed by atoms with E-state index in [4.69, 9.17) is 5.73 Å². The van der Waals surface area contributed by atoms with Gasteiger partial charge >= 0.3 is 0 Å². The number of nitrogens with one attached hydrogen (secondary N) is 1. The first-order valence-corrected chi connectivity index (χ1v) is 7.40. The van der Waals surface area contributed by atoms with Crippen LogP contribution in [0.2, 0.25) is 0 Å². The number of imidazole rings is 1. The van der Waals surface area contributed by atoms with E-state index in [2.05, 4.69) is 14.9 Å². The van der Waals surface area contributed by atoms with Crippen LogP contribution < -0.4 is 11.1 Å². The summed E-state index contributed by atoms with van der Waals surface area (Å²) in [6.07, 6.45) is 6.89. The summed E-state index contributed by atoms with van der Waals surface area (Å²) in [6.45, 7) is 0.677. The van der Waals surface area contributed by atoms with Gasteiger partial charge in [-0.1, -0.05) is 6.07 Å². The number of nitrogens with zero attached hydrogens (tertiary/aromatic N) is 2. The maximum Gasteiger partial charge on any atom is 0.226 e. The van der Waals surface area contributed by atoms with Crippen molar-refractivity contribution in [2.45, 2.75) is 38.6 Å². The molecular weight excluding hydrogens is 264 g/mol. The fourth-order valence-corrected chi connectivity index (χ4v) is 2.79. The van der Waals surface area contributed by atoms with Crippen molar-refractivity contribution < 1.29 is 4.79 Å². The van der Waals surface area contributed by atoms with Gasteiger partial charge in [0.15, 0.2) is 0 Å². The fourth-order valence-electron chi connectivity index (χ4n) is 2.79. The van der Waals surface area contributed by atoms with E-state index in [9.17, 15) is 4.79 Å². The predicted octanol–water partition coefficient (Wildman–Crippen LogP) is 2.37. The Morgan fingerprint density at radius 1 is 1.33 bits per heavy atom. The molecule has 0 saturated carbocycles. The predicted molar refractivity (Wildman–Crippen MR) is 83.0 cm³/mol. The molecule has 0 radical (unpaired) electrons. The van der Waals surface area contributed by atoms with Gasteiger partial charge in [-0.25, -0.2) is 4.98 Å². The van der Waals surface area contributed by atoms with E-state index in [0.29, 0.717) is 18.7 Å². The summed E-state index contributed by atoms with van der Waals surface area (Å²) in [7, 11) is 0. The molecule has 21 heavy (non-hydrogen) atoms. The molecule has 1 heterocycles. The average Bonchev–Trinajstić information content (AvgIpc) is 2.88. The van der Waals surface area contributed by atoms with Gasteiger partial charge in [-0.3, -0.25) is 4.79 Å². The number of rotatable bonds is 4. The molecule has 1 aliphatic rings. The highest BCUT2D eigenvalue weighted by molar-refractivity contribution is 5.91. The van der Waals surface area contributed by atoms with Gasteiger partial charge in [-0.15, -0.1) is 0 Å². The second kappa shape index (κ2) is 5.99. The minimum Gasteiger partial charge on any atom is -0.399 e. The van der Waals surface area contributed by atoms with Gasteiger partial charge in [0.25, 0.3) is 0 Å². The average molecular weight is 284 g/mol. The second-order valence-electron chi connectivity index (χ2n) is 5.46. The number of amides is 1. The summed E-state index contributed by atoms with van der Waals surface area (Å²) in [4.78, 5) is 16.4. The van der Waals surface area contributed by atoms with E-state index in [1.165, 1.54) is 24.2 Å². The van der Waals surface area contributed by atoms with Crippen molar-refractivity contribution in [2.24, 2.45) is 0 Å². The first-order valence-electron chi connectivity index (χ1n) is 7.40. The molecule has 0 bridgehead atoms. The van der Waals surface area contributed by atoms with Gasteiger partial charge in [0.1, 0.15) is 0 Å². The molecule has 2 aromatic rings. The van der Waals surface area contributed by atoms with Crippen LogP contribution >= 0.6 is 0 Å². The molecule has 0 saturated heterocycles. The van der Waals surface area contributed by atoms with Crippen LogP contribution in [0.4, 0.5) is 11.4 Å². The summed E-state index contributed by atoms with van der Waals surface area (Å²) >= 11 is 0. The number of nitrogens with two attached hydrogens (primary N) is 1. The minimum atomic E-state index is -0.00106. The molecule has 0 unspecified atom stereocenters. The van der Waals surface area contributed by atoms with Crippen LogP contribution in [0.1, 0.15) is 30.7 Å². The van der Waals surface area contributed by atoms with Gasteiger partial charge < -0.3 is 15.6 Å². The number of aromatic nitrogens is 2. The van der Waals surface area contributed by atoms with E-state index >= 15 is 0 Å². The SMILES string of the molecule is Nc1cccc(NC(=O)CCn2cnc3c2CCCC3)c1. The third kappa shape index (κ3) is 3.24. The molecule has 0 atom stereocenters. The standard InChI is InChI=1S/C16H20N4O/c17-12-4-3-5-13(10-12)19-16(21)8-9-20-11-18-14-6-1-2-7-15(14)20/h3-5,10-11H,1-2,6-9,17H2,(H,19,21). The van der Waals surface area contributed by atoms with Gasteiger partial charge in [0, 0.05) is 30.0 Å². The van der Waals surface area contributed by atoms with Crippen LogP contribution in [0.5, 0.6) is 0 Å². The van der Waals surface area contributed by atoms with Crippen LogP contribution in [-0.2, 0) is 24.2 Å². The molecule has 110 valence electrons. The van der Waals surface area contributed by atoms with Gasteiger partial charge in [0.2, 0.25) is 5.91 Å². The summed E-state index contributed by atoms with van der Waals surface area (Å²) < 4.78 is 2.12. The quantitative estimate of drug-likeness (QED) is 0.847. The molecule has 1 amide bonds. The largest absolute Gasteiger partial charge is 0.399 e. The van der Waals surface area contributed by atoms with E-state index in [-0.39, 0.29) is 5.91 Å². The Labute approximate surface area is 124 Å². The molecule has 5 heteroatoms. The fraction of sp³-hybridized carbons (Fsp3) is 0.375. The smallest absolute Gasteiger partial charge is 0.226 e. The third-order valence-corrected chi connectivity index (χ3v) is 3.86. The summed E-state index contributed by atoms with van der Waals surface area (Å²) in [5.74, 6) is -0.00106. The number of carbonyl (C=O) groups is 1. The van der Waals surface area contributed by atoms with Crippen molar-refractivity contribution >= 4 is 17.3 Å². The molecule has 1 aromatic heterocycles. The van der Waals surface area contributed by atoms with E-state index in [0.717, 1.165) is 18.5 Å². The van der Waals surface area contributed by atoms with E-state index in [1.54, 1.807) is 12.1 Å². The lowest BCUT2D eigenvalue weighted by molar-refractivity contribution is -0.116. The molecule has 1 aromatic carbocycles. The highest BCUT2D eigenvalue weighted by Crippen LogP contribution is 2.20. The first kappa shape index (κ1) is 13.7. The molecule has 5 nitrogen and oxygen atoms in total. The molecule has 3 N–H and O–H groups in total. The lowest BCUT2D eigenvalue weighted by atomic mass is 10.0. The Bertz CT molecular complexity index is 647. The minimum absolute atomic E-state index is 0.00106. The van der Waals surface area contributed by atoms with Gasteiger partial charge in [-0.2, -0.15) is 0 Å². The monoisotopic (exact) mass is 284 g/mol. The molecule has 0 spiro atoms. The maximum absolute atomic E-state index is 12.0. The van der Waals surface area contributed by atoms with Crippen molar-refractivity contribution in [1.82, 2.24) is 9.55 Å². The molecule has 0 fully saturated rings. The molecule has 1 aliphatic carbocycles. The highest BCUT2D eigenvalue weighted by atomic mass is 16.1. The van der Waals surface area contributed by atoms with Crippen molar-refractivity contribution in [1.29, 1.82) is 0 Å². The summed E-state index contributed by atoms with van der Waals surface area (Å²) in [6, 6.07) is 7.23. The van der Waals surface area contributed by atoms with Crippen LogP contribution in [0.25, 0.3) is 0 Å². The lowest BCUT2D eigenvalue weighted by Crippen LogP contribution is -2.16. The van der Waals surface area contributed by atoms with Crippen LogP contribution in [0.3, 0.4) is 0 Å². The number of anilines is 2. The molecule has 3 rings (SSSR count). The maximum atomic E-state index is 12.0. The Hall–Kier alpha value is -2.30. The number of hydrogen-bond acceptors (Lipinski definition) is 3. The normalized spacial score (nSPS) is 13.7. The molecule has 0 aliphatic heterocycles. The topological polar surface area (TPSA) is 72.9 Å².